The van der Waals surface area contributed by atoms with Crippen LogP contribution >= 0.6 is 0 Å². The smallest absolute Gasteiger partial charge is 0.0693 e. The Morgan fingerprint density at radius 2 is 2.13 bits per heavy atom. The van der Waals surface area contributed by atoms with Crippen molar-refractivity contribution in [2.24, 2.45) is 0 Å². The van der Waals surface area contributed by atoms with Gasteiger partial charge in [0.2, 0.25) is 0 Å². The van der Waals surface area contributed by atoms with E-state index >= 15 is 0 Å². The molecule has 0 aliphatic heterocycles. The zero-order chi connectivity index (χ0) is 10.7. The molecule has 1 saturated carbocycles. The van der Waals surface area contributed by atoms with E-state index in [2.05, 4.69) is 17.2 Å². The van der Waals surface area contributed by atoms with E-state index in [1.165, 1.54) is 5.56 Å². The van der Waals surface area contributed by atoms with E-state index in [-0.39, 0.29) is 18.2 Å². The Hall–Kier alpha value is -0.930. The SMILES string of the molecule is C[C@H](N[C@H]1CCC[C@@H]1O)c1ccncc1. The highest BCUT2D eigenvalue weighted by atomic mass is 16.3. The molecule has 0 aromatic carbocycles. The number of nitrogens with zero attached hydrogens (tertiary/aromatic N) is 1. The molecule has 82 valence electrons. The number of hydrogen-bond acceptors (Lipinski definition) is 3. The molecule has 0 spiro atoms. The zero-order valence-corrected chi connectivity index (χ0v) is 9.06. The summed E-state index contributed by atoms with van der Waals surface area (Å²) >= 11 is 0. The van der Waals surface area contributed by atoms with Crippen LogP contribution in [0.2, 0.25) is 0 Å². The third-order valence-electron chi connectivity index (χ3n) is 3.15. The third-order valence-corrected chi connectivity index (χ3v) is 3.15. The molecule has 3 nitrogen and oxygen atoms in total. The Balaban J connectivity index is 1.95. The van der Waals surface area contributed by atoms with Gasteiger partial charge in [0.15, 0.2) is 0 Å². The molecule has 0 unspecified atom stereocenters. The van der Waals surface area contributed by atoms with Crippen molar-refractivity contribution < 1.29 is 5.11 Å². The molecule has 1 aliphatic carbocycles. The molecule has 3 heteroatoms. The van der Waals surface area contributed by atoms with Crippen molar-refractivity contribution in [1.29, 1.82) is 0 Å². The van der Waals surface area contributed by atoms with Crippen LogP contribution in [-0.4, -0.2) is 22.2 Å². The van der Waals surface area contributed by atoms with Crippen LogP contribution in [-0.2, 0) is 0 Å². The standard InChI is InChI=1S/C12H18N2O/c1-9(10-5-7-13-8-6-10)14-11-3-2-4-12(11)15/h5-9,11-12,14-15H,2-4H2,1H3/t9-,11-,12-/m0/s1. The maximum Gasteiger partial charge on any atom is 0.0693 e. The second-order valence-corrected chi connectivity index (χ2v) is 4.27. The van der Waals surface area contributed by atoms with Crippen molar-refractivity contribution in [3.8, 4) is 0 Å². The van der Waals surface area contributed by atoms with Crippen LogP contribution in [0.3, 0.4) is 0 Å². The quantitative estimate of drug-likeness (QED) is 0.790. The predicted octanol–water partition coefficient (Wildman–Crippen LogP) is 1.65. The van der Waals surface area contributed by atoms with Gasteiger partial charge in [0, 0.05) is 24.5 Å². The van der Waals surface area contributed by atoms with Gasteiger partial charge in [-0.15, -0.1) is 0 Å². The van der Waals surface area contributed by atoms with Gasteiger partial charge in [-0.25, -0.2) is 0 Å². The van der Waals surface area contributed by atoms with E-state index in [1.807, 2.05) is 12.1 Å². The average Bonchev–Trinajstić information content (AvgIpc) is 2.66. The summed E-state index contributed by atoms with van der Waals surface area (Å²) in [6, 6.07) is 4.57. The highest BCUT2D eigenvalue weighted by Gasteiger charge is 2.26. The first-order valence-corrected chi connectivity index (χ1v) is 5.61. The van der Waals surface area contributed by atoms with Crippen molar-refractivity contribution >= 4 is 0 Å². The summed E-state index contributed by atoms with van der Waals surface area (Å²) in [7, 11) is 0. The Labute approximate surface area is 90.5 Å². The Kier molecular flexibility index (Phi) is 3.34. The second-order valence-electron chi connectivity index (χ2n) is 4.27. The van der Waals surface area contributed by atoms with Crippen LogP contribution < -0.4 is 5.32 Å². The molecule has 3 atom stereocenters. The lowest BCUT2D eigenvalue weighted by Crippen LogP contribution is -2.37. The molecule has 1 aliphatic rings. The molecule has 0 radical (unpaired) electrons. The molecule has 1 aromatic heterocycles. The first-order chi connectivity index (χ1) is 7.27. The maximum absolute atomic E-state index is 9.71. The largest absolute Gasteiger partial charge is 0.392 e. The van der Waals surface area contributed by atoms with Crippen molar-refractivity contribution in [3.63, 3.8) is 0 Å². The second kappa shape index (κ2) is 4.73. The fourth-order valence-electron chi connectivity index (χ4n) is 2.20. The molecule has 1 fully saturated rings. The van der Waals surface area contributed by atoms with Crippen molar-refractivity contribution in [1.82, 2.24) is 10.3 Å². The van der Waals surface area contributed by atoms with E-state index in [1.54, 1.807) is 12.4 Å². The van der Waals surface area contributed by atoms with Crippen molar-refractivity contribution in [3.05, 3.63) is 30.1 Å². The lowest BCUT2D eigenvalue weighted by molar-refractivity contribution is 0.144. The summed E-state index contributed by atoms with van der Waals surface area (Å²) in [5.74, 6) is 0. The highest BCUT2D eigenvalue weighted by molar-refractivity contribution is 5.14. The molecule has 1 aromatic rings. The molecule has 2 rings (SSSR count). The Bertz CT molecular complexity index is 302. The number of nitrogens with one attached hydrogen (secondary N) is 1. The van der Waals surface area contributed by atoms with Gasteiger partial charge >= 0.3 is 0 Å². The van der Waals surface area contributed by atoms with E-state index in [0.717, 1.165) is 19.3 Å². The van der Waals surface area contributed by atoms with Crippen LogP contribution in [0.1, 0.15) is 37.8 Å². The highest BCUT2D eigenvalue weighted by Crippen LogP contribution is 2.22. The molecular formula is C12H18N2O. The average molecular weight is 206 g/mol. The van der Waals surface area contributed by atoms with E-state index < -0.39 is 0 Å². The fourth-order valence-corrected chi connectivity index (χ4v) is 2.20. The number of aliphatic hydroxyl groups is 1. The summed E-state index contributed by atoms with van der Waals surface area (Å²) in [6.45, 7) is 2.13. The van der Waals surface area contributed by atoms with Gasteiger partial charge in [0.1, 0.15) is 0 Å². The van der Waals surface area contributed by atoms with E-state index in [0.29, 0.717) is 0 Å². The molecule has 0 bridgehead atoms. The van der Waals surface area contributed by atoms with Gasteiger partial charge in [0.25, 0.3) is 0 Å². The van der Waals surface area contributed by atoms with Crippen LogP contribution in [0.15, 0.2) is 24.5 Å². The summed E-state index contributed by atoms with van der Waals surface area (Å²) in [6.07, 6.45) is 6.57. The fraction of sp³-hybridized carbons (Fsp3) is 0.583. The van der Waals surface area contributed by atoms with E-state index in [4.69, 9.17) is 0 Å². The normalized spacial score (nSPS) is 27.9. The number of rotatable bonds is 3. The topological polar surface area (TPSA) is 45.1 Å². The van der Waals surface area contributed by atoms with E-state index in [9.17, 15) is 5.11 Å². The van der Waals surface area contributed by atoms with Gasteiger partial charge in [-0.1, -0.05) is 0 Å². The first-order valence-electron chi connectivity index (χ1n) is 5.61. The van der Waals surface area contributed by atoms with Gasteiger partial charge in [-0.3, -0.25) is 4.98 Å². The summed E-state index contributed by atoms with van der Waals surface area (Å²) < 4.78 is 0. The molecular weight excluding hydrogens is 188 g/mol. The van der Waals surface area contributed by atoms with Crippen molar-refractivity contribution in [2.45, 2.75) is 44.4 Å². The molecule has 2 N–H and O–H groups in total. The van der Waals surface area contributed by atoms with Crippen LogP contribution in [0.5, 0.6) is 0 Å². The van der Waals surface area contributed by atoms with Gasteiger partial charge < -0.3 is 10.4 Å². The van der Waals surface area contributed by atoms with Crippen LogP contribution in [0.25, 0.3) is 0 Å². The maximum atomic E-state index is 9.71. The third kappa shape index (κ3) is 2.55. The summed E-state index contributed by atoms with van der Waals surface area (Å²) in [5, 5.41) is 13.2. The minimum Gasteiger partial charge on any atom is -0.392 e. The Morgan fingerprint density at radius 1 is 1.40 bits per heavy atom. The number of aliphatic hydroxyl groups excluding tert-OH is 1. The van der Waals surface area contributed by atoms with Gasteiger partial charge in [-0.2, -0.15) is 0 Å². The monoisotopic (exact) mass is 206 g/mol. The number of pyridine rings is 1. The minimum absolute atomic E-state index is 0.172. The van der Waals surface area contributed by atoms with Crippen LogP contribution in [0.4, 0.5) is 0 Å². The minimum atomic E-state index is -0.172. The molecule has 0 saturated heterocycles. The number of aromatic nitrogens is 1. The zero-order valence-electron chi connectivity index (χ0n) is 9.06. The summed E-state index contributed by atoms with van der Waals surface area (Å²) in [4.78, 5) is 4.00. The van der Waals surface area contributed by atoms with Gasteiger partial charge in [0.05, 0.1) is 6.10 Å². The lowest BCUT2D eigenvalue weighted by Gasteiger charge is -2.22. The van der Waals surface area contributed by atoms with Crippen LogP contribution in [0, 0.1) is 0 Å². The Morgan fingerprint density at radius 3 is 2.73 bits per heavy atom. The molecule has 15 heavy (non-hydrogen) atoms. The van der Waals surface area contributed by atoms with Crippen molar-refractivity contribution in [2.75, 3.05) is 0 Å². The molecule has 1 heterocycles. The predicted molar refractivity (Wildman–Crippen MR) is 59.4 cm³/mol. The summed E-state index contributed by atoms with van der Waals surface area (Å²) in [5.41, 5.74) is 1.23. The van der Waals surface area contributed by atoms with Gasteiger partial charge in [-0.05, 0) is 43.9 Å². The lowest BCUT2D eigenvalue weighted by atomic mass is 10.1. The molecule has 0 amide bonds. The first kappa shape index (κ1) is 10.6. The number of hydrogen-bond donors (Lipinski definition) is 2.